The van der Waals surface area contributed by atoms with Gasteiger partial charge in [0, 0.05) is 12.8 Å². The Hall–Kier alpha value is -2.29. The molecule has 0 aliphatic heterocycles. The summed E-state index contributed by atoms with van der Waals surface area (Å²) in [6.07, 6.45) is 1.10. The van der Waals surface area contributed by atoms with E-state index in [0.29, 0.717) is 18.0 Å². The molecule has 0 atom stereocenters. The Labute approximate surface area is 170 Å². The molecule has 1 amide bonds. The SMILES string of the molecule is COc1ccc(CN(C)CC(=O)Nc2cc(S(C)(=O)=O)ccc2Cl)cc1OC. The van der Waals surface area contributed by atoms with Gasteiger partial charge in [-0.25, -0.2) is 8.42 Å². The van der Waals surface area contributed by atoms with Crippen LogP contribution < -0.4 is 14.8 Å². The van der Waals surface area contributed by atoms with E-state index < -0.39 is 9.84 Å². The number of anilines is 1. The van der Waals surface area contributed by atoms with Crippen molar-refractivity contribution in [2.75, 3.05) is 39.4 Å². The van der Waals surface area contributed by atoms with E-state index in [4.69, 9.17) is 21.1 Å². The molecular formula is C19H23ClN2O5S. The van der Waals surface area contributed by atoms with Crippen molar-refractivity contribution in [3.63, 3.8) is 0 Å². The lowest BCUT2D eigenvalue weighted by molar-refractivity contribution is -0.117. The summed E-state index contributed by atoms with van der Waals surface area (Å²) in [5, 5.41) is 2.93. The summed E-state index contributed by atoms with van der Waals surface area (Å²) < 4.78 is 33.9. The first-order valence-electron chi connectivity index (χ1n) is 8.33. The fourth-order valence-corrected chi connectivity index (χ4v) is 3.42. The van der Waals surface area contributed by atoms with Gasteiger partial charge in [-0.3, -0.25) is 9.69 Å². The topological polar surface area (TPSA) is 84.9 Å². The van der Waals surface area contributed by atoms with Gasteiger partial charge in [0.2, 0.25) is 5.91 Å². The number of likely N-dealkylation sites (N-methyl/N-ethyl adjacent to an activating group) is 1. The predicted molar refractivity (Wildman–Crippen MR) is 109 cm³/mol. The Morgan fingerprint density at radius 3 is 2.39 bits per heavy atom. The molecule has 0 unspecified atom stereocenters. The van der Waals surface area contributed by atoms with Gasteiger partial charge >= 0.3 is 0 Å². The third kappa shape index (κ3) is 5.85. The van der Waals surface area contributed by atoms with Crippen LogP contribution in [0.25, 0.3) is 0 Å². The highest BCUT2D eigenvalue weighted by atomic mass is 35.5. The van der Waals surface area contributed by atoms with Crippen LogP contribution in [-0.4, -0.2) is 53.3 Å². The van der Waals surface area contributed by atoms with E-state index in [9.17, 15) is 13.2 Å². The monoisotopic (exact) mass is 426 g/mol. The summed E-state index contributed by atoms with van der Waals surface area (Å²) in [5.74, 6) is 0.935. The van der Waals surface area contributed by atoms with Gasteiger partial charge in [0.05, 0.1) is 36.4 Å². The number of sulfone groups is 1. The zero-order valence-electron chi connectivity index (χ0n) is 16.2. The first kappa shape index (κ1) is 22.0. The Kier molecular flexibility index (Phi) is 7.29. The van der Waals surface area contributed by atoms with Crippen LogP contribution in [0.15, 0.2) is 41.3 Å². The van der Waals surface area contributed by atoms with Crippen molar-refractivity contribution in [2.45, 2.75) is 11.4 Å². The molecule has 0 spiro atoms. The quantitative estimate of drug-likeness (QED) is 0.698. The number of benzene rings is 2. The molecule has 152 valence electrons. The lowest BCUT2D eigenvalue weighted by Gasteiger charge is -2.18. The maximum absolute atomic E-state index is 12.3. The van der Waals surface area contributed by atoms with E-state index in [2.05, 4.69) is 5.32 Å². The largest absolute Gasteiger partial charge is 0.493 e. The summed E-state index contributed by atoms with van der Waals surface area (Å²) in [5.41, 5.74) is 1.21. The molecule has 0 saturated carbocycles. The summed E-state index contributed by atoms with van der Waals surface area (Å²) in [6, 6.07) is 9.74. The van der Waals surface area contributed by atoms with Crippen molar-refractivity contribution < 1.29 is 22.7 Å². The van der Waals surface area contributed by atoms with E-state index in [0.717, 1.165) is 11.8 Å². The van der Waals surface area contributed by atoms with Crippen molar-refractivity contribution in [3.8, 4) is 11.5 Å². The van der Waals surface area contributed by atoms with Gasteiger partial charge in [-0.15, -0.1) is 0 Å². The number of carbonyl (C=O) groups is 1. The van der Waals surface area contributed by atoms with Crippen molar-refractivity contribution in [3.05, 3.63) is 47.0 Å². The van der Waals surface area contributed by atoms with Gasteiger partial charge in [-0.05, 0) is 42.9 Å². The highest BCUT2D eigenvalue weighted by molar-refractivity contribution is 7.90. The molecule has 0 aliphatic carbocycles. The molecule has 2 rings (SSSR count). The van der Waals surface area contributed by atoms with E-state index in [1.165, 1.54) is 18.2 Å². The number of ether oxygens (including phenoxy) is 2. The summed E-state index contributed by atoms with van der Waals surface area (Å²) >= 11 is 6.07. The van der Waals surface area contributed by atoms with E-state index in [1.54, 1.807) is 27.3 Å². The first-order chi connectivity index (χ1) is 13.1. The third-order valence-electron chi connectivity index (χ3n) is 3.95. The van der Waals surface area contributed by atoms with Gasteiger partial charge in [-0.2, -0.15) is 0 Å². The van der Waals surface area contributed by atoms with Crippen LogP contribution in [0.4, 0.5) is 5.69 Å². The number of amides is 1. The van der Waals surface area contributed by atoms with Gasteiger partial charge in [0.25, 0.3) is 0 Å². The zero-order valence-corrected chi connectivity index (χ0v) is 17.7. The number of hydrogen-bond donors (Lipinski definition) is 1. The van der Waals surface area contributed by atoms with Gasteiger partial charge in [-0.1, -0.05) is 17.7 Å². The Bertz CT molecular complexity index is 963. The van der Waals surface area contributed by atoms with Crippen LogP contribution >= 0.6 is 11.6 Å². The molecular weight excluding hydrogens is 404 g/mol. The molecule has 0 aromatic heterocycles. The Balaban J connectivity index is 2.03. The molecule has 7 nitrogen and oxygen atoms in total. The van der Waals surface area contributed by atoms with Crippen LogP contribution in [0.5, 0.6) is 11.5 Å². The molecule has 2 aromatic rings. The van der Waals surface area contributed by atoms with Gasteiger partial charge in [0.15, 0.2) is 21.3 Å². The van der Waals surface area contributed by atoms with E-state index >= 15 is 0 Å². The Morgan fingerprint density at radius 1 is 1.11 bits per heavy atom. The minimum Gasteiger partial charge on any atom is -0.493 e. The number of nitrogens with one attached hydrogen (secondary N) is 1. The number of halogens is 1. The standard InChI is InChI=1S/C19H23ClN2O5S/c1-22(11-13-5-8-17(26-2)18(9-13)27-3)12-19(23)21-16-10-14(28(4,24)25)6-7-15(16)20/h5-10H,11-12H2,1-4H3,(H,21,23). The second kappa shape index (κ2) is 9.27. The average Bonchev–Trinajstić information content (AvgIpc) is 2.62. The number of carbonyl (C=O) groups excluding carboxylic acids is 1. The molecule has 2 aromatic carbocycles. The summed E-state index contributed by atoms with van der Waals surface area (Å²) in [7, 11) is 1.53. The highest BCUT2D eigenvalue weighted by Gasteiger charge is 2.14. The van der Waals surface area contributed by atoms with Crippen molar-refractivity contribution in [1.29, 1.82) is 0 Å². The van der Waals surface area contributed by atoms with Crippen LogP contribution in [0, 0.1) is 0 Å². The lowest BCUT2D eigenvalue weighted by Crippen LogP contribution is -2.30. The second-order valence-corrected chi connectivity index (χ2v) is 8.75. The van der Waals surface area contributed by atoms with Crippen LogP contribution in [0.2, 0.25) is 5.02 Å². The lowest BCUT2D eigenvalue weighted by atomic mass is 10.2. The number of methoxy groups -OCH3 is 2. The second-order valence-electron chi connectivity index (χ2n) is 6.32. The van der Waals surface area contributed by atoms with Crippen molar-refractivity contribution >= 4 is 33.0 Å². The van der Waals surface area contributed by atoms with Crippen LogP contribution in [0.3, 0.4) is 0 Å². The molecule has 0 saturated heterocycles. The van der Waals surface area contributed by atoms with Crippen molar-refractivity contribution in [1.82, 2.24) is 4.90 Å². The van der Waals surface area contributed by atoms with E-state index in [-0.39, 0.29) is 28.1 Å². The Morgan fingerprint density at radius 2 is 1.79 bits per heavy atom. The molecule has 0 heterocycles. The third-order valence-corrected chi connectivity index (χ3v) is 5.39. The highest BCUT2D eigenvalue weighted by Crippen LogP contribution is 2.28. The molecule has 1 N–H and O–H groups in total. The maximum atomic E-state index is 12.3. The van der Waals surface area contributed by atoms with Crippen LogP contribution in [-0.2, 0) is 21.2 Å². The number of rotatable bonds is 8. The molecule has 28 heavy (non-hydrogen) atoms. The van der Waals surface area contributed by atoms with Crippen LogP contribution in [0.1, 0.15) is 5.56 Å². The van der Waals surface area contributed by atoms with Gasteiger partial charge in [0.1, 0.15) is 0 Å². The predicted octanol–water partition coefficient (Wildman–Crippen LogP) is 2.83. The zero-order chi connectivity index (χ0) is 20.9. The molecule has 0 aliphatic rings. The minimum absolute atomic E-state index is 0.0888. The normalized spacial score (nSPS) is 11.4. The van der Waals surface area contributed by atoms with Gasteiger partial charge < -0.3 is 14.8 Å². The molecule has 0 bridgehead atoms. The minimum atomic E-state index is -3.40. The first-order valence-corrected chi connectivity index (χ1v) is 10.6. The smallest absolute Gasteiger partial charge is 0.238 e. The van der Waals surface area contributed by atoms with E-state index in [1.807, 2.05) is 17.0 Å². The fraction of sp³-hybridized carbons (Fsp3) is 0.316. The average molecular weight is 427 g/mol. The summed E-state index contributed by atoms with van der Waals surface area (Å²) in [6.45, 7) is 0.596. The molecule has 0 radical (unpaired) electrons. The fourth-order valence-electron chi connectivity index (χ4n) is 2.61. The molecule has 0 fully saturated rings. The maximum Gasteiger partial charge on any atom is 0.238 e. The summed E-state index contributed by atoms with van der Waals surface area (Å²) in [4.78, 5) is 14.2. The molecule has 9 heteroatoms. The number of nitrogens with zero attached hydrogens (tertiary/aromatic N) is 1. The number of hydrogen-bond acceptors (Lipinski definition) is 6. The van der Waals surface area contributed by atoms with Crippen molar-refractivity contribution in [2.24, 2.45) is 0 Å².